The fourth-order valence-corrected chi connectivity index (χ4v) is 3.70. The number of ether oxygens (including phenoxy) is 1. The van der Waals surface area contributed by atoms with Crippen molar-refractivity contribution in [1.82, 2.24) is 4.90 Å². The number of hydrogen-bond donors (Lipinski definition) is 1. The van der Waals surface area contributed by atoms with Crippen LogP contribution in [0.15, 0.2) is 18.2 Å². The molecular weight excluding hydrogens is 282 g/mol. The Kier molecular flexibility index (Phi) is 4.05. The Morgan fingerprint density at radius 1 is 1.23 bits per heavy atom. The summed E-state index contributed by atoms with van der Waals surface area (Å²) in [5.74, 6) is -0.768. The summed E-state index contributed by atoms with van der Waals surface area (Å²) >= 11 is 0. The smallest absolute Gasteiger partial charge is 0.339 e. The van der Waals surface area contributed by atoms with E-state index in [0.29, 0.717) is 24.3 Å². The Bertz CT molecular complexity index is 582. The lowest BCUT2D eigenvalue weighted by atomic mass is 10.0. The molecule has 2 bridgehead atoms. The summed E-state index contributed by atoms with van der Waals surface area (Å²) in [5.41, 5.74) is 0.618. The van der Waals surface area contributed by atoms with Gasteiger partial charge < -0.3 is 14.7 Å². The maximum atomic E-state index is 12.8. The molecule has 2 aliphatic heterocycles. The van der Waals surface area contributed by atoms with Gasteiger partial charge in [-0.3, -0.25) is 4.79 Å². The summed E-state index contributed by atoms with van der Waals surface area (Å²) in [6.07, 6.45) is 5.52. The lowest BCUT2D eigenvalue weighted by molar-refractivity contribution is 0.0592. The second-order valence-electron chi connectivity index (χ2n) is 5.98. The number of benzene rings is 1. The third kappa shape index (κ3) is 2.56. The average molecular weight is 303 g/mol. The van der Waals surface area contributed by atoms with Crippen molar-refractivity contribution in [2.24, 2.45) is 0 Å². The topological polar surface area (TPSA) is 66.8 Å². The molecule has 22 heavy (non-hydrogen) atoms. The van der Waals surface area contributed by atoms with E-state index in [1.807, 2.05) is 4.90 Å². The minimum Gasteiger partial charge on any atom is -0.493 e. The highest BCUT2D eigenvalue weighted by atomic mass is 16.5. The van der Waals surface area contributed by atoms with Gasteiger partial charge >= 0.3 is 5.97 Å². The molecule has 5 nitrogen and oxygen atoms in total. The summed E-state index contributed by atoms with van der Waals surface area (Å²) in [6, 6.07) is 5.33. The van der Waals surface area contributed by atoms with E-state index in [0.717, 1.165) is 25.7 Å². The maximum Gasteiger partial charge on any atom is 0.339 e. The fraction of sp³-hybridized carbons (Fsp3) is 0.529. The van der Waals surface area contributed by atoms with Crippen molar-refractivity contribution in [3.63, 3.8) is 0 Å². The molecular formula is C17H21NO4. The number of carbonyl (C=O) groups is 2. The van der Waals surface area contributed by atoms with Crippen LogP contribution < -0.4 is 4.74 Å². The molecule has 1 N–H and O–H groups in total. The van der Waals surface area contributed by atoms with E-state index in [1.54, 1.807) is 19.1 Å². The second-order valence-corrected chi connectivity index (χ2v) is 5.98. The number of carboxylic acid groups (broad SMARTS) is 1. The van der Waals surface area contributed by atoms with E-state index in [9.17, 15) is 14.7 Å². The van der Waals surface area contributed by atoms with Gasteiger partial charge in [-0.1, -0.05) is 0 Å². The van der Waals surface area contributed by atoms with E-state index in [2.05, 4.69) is 0 Å². The van der Waals surface area contributed by atoms with Crippen LogP contribution in [0.2, 0.25) is 0 Å². The van der Waals surface area contributed by atoms with Crippen LogP contribution in [-0.4, -0.2) is 40.6 Å². The van der Waals surface area contributed by atoms with Crippen LogP contribution in [0, 0.1) is 0 Å². The van der Waals surface area contributed by atoms with E-state index in [4.69, 9.17) is 4.74 Å². The number of aromatic carboxylic acids is 1. The van der Waals surface area contributed by atoms with Gasteiger partial charge in [0.25, 0.3) is 5.91 Å². The molecule has 3 rings (SSSR count). The normalized spacial score (nSPS) is 23.4. The second kappa shape index (κ2) is 5.99. The predicted octanol–water partition coefficient (Wildman–Crippen LogP) is 2.94. The van der Waals surface area contributed by atoms with E-state index < -0.39 is 5.97 Å². The number of rotatable bonds is 4. The lowest BCUT2D eigenvalue weighted by Gasteiger charge is -2.35. The first kappa shape index (κ1) is 14.9. The fourth-order valence-electron chi connectivity index (χ4n) is 3.70. The van der Waals surface area contributed by atoms with Crippen LogP contribution in [-0.2, 0) is 0 Å². The van der Waals surface area contributed by atoms with Gasteiger partial charge in [0.1, 0.15) is 11.3 Å². The van der Waals surface area contributed by atoms with Gasteiger partial charge in [0, 0.05) is 17.6 Å². The number of amides is 1. The average Bonchev–Trinajstić information content (AvgIpc) is 2.75. The zero-order valence-electron chi connectivity index (χ0n) is 12.7. The van der Waals surface area contributed by atoms with Gasteiger partial charge in [0.2, 0.25) is 0 Å². The molecule has 2 aliphatic rings. The molecule has 1 amide bonds. The number of fused-ring (bicyclic) bond motifs is 2. The van der Waals surface area contributed by atoms with Crippen LogP contribution in [0.4, 0.5) is 0 Å². The summed E-state index contributed by atoms with van der Waals surface area (Å²) in [7, 11) is 0. The molecule has 2 saturated heterocycles. The minimum atomic E-state index is -1.04. The van der Waals surface area contributed by atoms with Crippen LogP contribution in [0.25, 0.3) is 0 Å². The van der Waals surface area contributed by atoms with E-state index >= 15 is 0 Å². The first-order chi connectivity index (χ1) is 10.6. The molecule has 1 aromatic carbocycles. The monoisotopic (exact) mass is 303 g/mol. The summed E-state index contributed by atoms with van der Waals surface area (Å²) in [6.45, 7) is 2.16. The zero-order valence-corrected chi connectivity index (χ0v) is 12.7. The van der Waals surface area contributed by atoms with Gasteiger partial charge in [-0.2, -0.15) is 0 Å². The molecule has 0 saturated carbocycles. The number of carboxylic acids is 1. The number of carbonyl (C=O) groups excluding carboxylic acids is 1. The largest absolute Gasteiger partial charge is 0.493 e. The molecule has 1 aromatic rings. The van der Waals surface area contributed by atoms with Crippen LogP contribution in [0.1, 0.15) is 59.7 Å². The first-order valence-electron chi connectivity index (χ1n) is 7.94. The van der Waals surface area contributed by atoms with Gasteiger partial charge in [-0.25, -0.2) is 4.79 Å². The Morgan fingerprint density at radius 2 is 1.91 bits per heavy atom. The molecule has 0 aromatic heterocycles. The highest BCUT2D eigenvalue weighted by Gasteiger charge is 2.39. The molecule has 0 spiro atoms. The number of piperidine rings is 1. The van der Waals surface area contributed by atoms with Gasteiger partial charge in [-0.15, -0.1) is 0 Å². The van der Waals surface area contributed by atoms with Crippen molar-refractivity contribution in [1.29, 1.82) is 0 Å². The SMILES string of the molecule is CCOc1cc(C(=O)N2C3CCCC2CC3)ccc1C(=O)O. The minimum absolute atomic E-state index is 0.00471. The molecule has 2 atom stereocenters. The molecule has 0 radical (unpaired) electrons. The Labute approximate surface area is 129 Å². The molecule has 5 heteroatoms. The van der Waals surface area contributed by atoms with Crippen molar-refractivity contribution < 1.29 is 19.4 Å². The highest BCUT2D eigenvalue weighted by Crippen LogP contribution is 2.37. The third-order valence-electron chi connectivity index (χ3n) is 4.69. The summed E-state index contributed by atoms with van der Waals surface area (Å²) in [5, 5.41) is 9.19. The first-order valence-corrected chi connectivity index (χ1v) is 7.94. The Balaban J connectivity index is 1.89. The van der Waals surface area contributed by atoms with Gasteiger partial charge in [0.05, 0.1) is 6.61 Å². The highest BCUT2D eigenvalue weighted by molar-refractivity contribution is 5.98. The van der Waals surface area contributed by atoms with Crippen LogP contribution in [0.3, 0.4) is 0 Å². The number of hydrogen-bond acceptors (Lipinski definition) is 3. The van der Waals surface area contributed by atoms with Crippen molar-refractivity contribution >= 4 is 11.9 Å². The van der Waals surface area contributed by atoms with Crippen molar-refractivity contribution in [3.8, 4) is 5.75 Å². The zero-order chi connectivity index (χ0) is 15.7. The molecule has 118 valence electrons. The van der Waals surface area contributed by atoms with E-state index in [-0.39, 0.29) is 17.2 Å². The van der Waals surface area contributed by atoms with Crippen molar-refractivity contribution in [2.45, 2.75) is 51.1 Å². The molecule has 2 fully saturated rings. The number of nitrogens with zero attached hydrogens (tertiary/aromatic N) is 1. The van der Waals surface area contributed by atoms with Crippen LogP contribution >= 0.6 is 0 Å². The molecule has 2 heterocycles. The van der Waals surface area contributed by atoms with Gasteiger partial charge in [-0.05, 0) is 57.2 Å². The van der Waals surface area contributed by atoms with Gasteiger partial charge in [0.15, 0.2) is 0 Å². The lowest BCUT2D eigenvalue weighted by Crippen LogP contribution is -2.44. The quantitative estimate of drug-likeness (QED) is 0.928. The predicted molar refractivity (Wildman–Crippen MR) is 81.4 cm³/mol. The maximum absolute atomic E-state index is 12.8. The summed E-state index contributed by atoms with van der Waals surface area (Å²) in [4.78, 5) is 26.0. The summed E-state index contributed by atoms with van der Waals surface area (Å²) < 4.78 is 5.39. The Morgan fingerprint density at radius 3 is 2.50 bits per heavy atom. The van der Waals surface area contributed by atoms with Crippen molar-refractivity contribution in [3.05, 3.63) is 29.3 Å². The molecule has 0 aliphatic carbocycles. The Hall–Kier alpha value is -2.04. The molecule has 2 unspecified atom stereocenters. The van der Waals surface area contributed by atoms with E-state index in [1.165, 1.54) is 12.5 Å². The standard InChI is InChI=1S/C17H21NO4/c1-2-22-15-10-11(6-9-14(15)17(20)21)16(19)18-12-4-3-5-13(18)8-7-12/h6,9-10,12-13H,2-5,7-8H2,1H3,(H,20,21). The third-order valence-corrected chi connectivity index (χ3v) is 4.69. The van der Waals surface area contributed by atoms with Crippen molar-refractivity contribution in [2.75, 3.05) is 6.61 Å². The van der Waals surface area contributed by atoms with Crippen LogP contribution in [0.5, 0.6) is 5.75 Å².